The summed E-state index contributed by atoms with van der Waals surface area (Å²) < 4.78 is 5.38. The number of carbonyl (C=O) groups is 1. The highest BCUT2D eigenvalue weighted by molar-refractivity contribution is 5.79. The van der Waals surface area contributed by atoms with Gasteiger partial charge in [0.05, 0.1) is 18.6 Å². The van der Waals surface area contributed by atoms with Crippen molar-refractivity contribution in [1.29, 1.82) is 0 Å². The molecule has 1 amide bonds. The van der Waals surface area contributed by atoms with E-state index in [1.807, 2.05) is 20.9 Å². The van der Waals surface area contributed by atoms with Gasteiger partial charge >= 0.3 is 0 Å². The van der Waals surface area contributed by atoms with Crippen LogP contribution in [-0.2, 0) is 9.53 Å². The summed E-state index contributed by atoms with van der Waals surface area (Å²) in [4.78, 5) is 13.4. The van der Waals surface area contributed by atoms with E-state index in [1.165, 1.54) is 0 Å². The van der Waals surface area contributed by atoms with Crippen LogP contribution in [0.15, 0.2) is 0 Å². The van der Waals surface area contributed by atoms with E-state index in [9.17, 15) is 4.79 Å². The van der Waals surface area contributed by atoms with Gasteiger partial charge in [0.1, 0.15) is 0 Å². The van der Waals surface area contributed by atoms with Crippen molar-refractivity contribution in [2.24, 2.45) is 5.92 Å². The van der Waals surface area contributed by atoms with Crippen LogP contribution in [0.4, 0.5) is 0 Å². The molecule has 82 valence electrons. The molecule has 0 atom stereocenters. The second kappa shape index (κ2) is 5.32. The van der Waals surface area contributed by atoms with E-state index < -0.39 is 0 Å². The van der Waals surface area contributed by atoms with E-state index in [4.69, 9.17) is 4.74 Å². The second-order valence-electron chi connectivity index (χ2n) is 4.03. The molecule has 1 aliphatic heterocycles. The Hall–Kier alpha value is -0.610. The van der Waals surface area contributed by atoms with Gasteiger partial charge in [0.2, 0.25) is 5.91 Å². The quantitative estimate of drug-likeness (QED) is 0.684. The predicted octanol–water partition coefficient (Wildman–Crippen LogP) is 0.0892. The topological polar surface area (TPSA) is 41.6 Å². The Bertz CT molecular complexity index is 191. The Kier molecular flexibility index (Phi) is 4.35. The van der Waals surface area contributed by atoms with Crippen LogP contribution in [0.2, 0.25) is 0 Å². The van der Waals surface area contributed by atoms with E-state index in [0.717, 1.165) is 13.1 Å². The first-order valence-corrected chi connectivity index (χ1v) is 5.18. The average molecular weight is 200 g/mol. The molecule has 4 nitrogen and oxygen atoms in total. The highest BCUT2D eigenvalue weighted by Crippen LogP contribution is 2.06. The van der Waals surface area contributed by atoms with Crippen molar-refractivity contribution < 1.29 is 9.53 Å². The molecule has 0 aromatic heterocycles. The summed E-state index contributed by atoms with van der Waals surface area (Å²) in [7, 11) is 1.84. The zero-order valence-corrected chi connectivity index (χ0v) is 9.25. The highest BCUT2D eigenvalue weighted by atomic mass is 16.5. The van der Waals surface area contributed by atoms with E-state index in [0.29, 0.717) is 13.2 Å². The zero-order valence-electron chi connectivity index (χ0n) is 9.25. The van der Waals surface area contributed by atoms with Gasteiger partial charge in [-0.05, 0) is 13.8 Å². The Morgan fingerprint density at radius 1 is 1.57 bits per heavy atom. The Morgan fingerprint density at radius 2 is 2.21 bits per heavy atom. The number of carbonyl (C=O) groups excluding carboxylic acids is 1. The van der Waals surface area contributed by atoms with Gasteiger partial charge in [-0.3, -0.25) is 4.79 Å². The molecule has 0 radical (unpaired) electrons. The van der Waals surface area contributed by atoms with Crippen molar-refractivity contribution in [3.05, 3.63) is 0 Å². The van der Waals surface area contributed by atoms with Crippen LogP contribution in [0.5, 0.6) is 0 Å². The Morgan fingerprint density at radius 3 is 2.64 bits per heavy atom. The number of ether oxygens (including phenoxy) is 1. The summed E-state index contributed by atoms with van der Waals surface area (Å²) >= 11 is 0. The van der Waals surface area contributed by atoms with E-state index in [-0.39, 0.29) is 17.9 Å². The molecule has 14 heavy (non-hydrogen) atoms. The fraction of sp³-hybridized carbons (Fsp3) is 0.900. The number of nitrogens with zero attached hydrogens (tertiary/aromatic N) is 1. The maximum absolute atomic E-state index is 11.6. The Balaban J connectivity index is 2.13. The van der Waals surface area contributed by atoms with Crippen LogP contribution in [0.1, 0.15) is 13.8 Å². The maximum atomic E-state index is 11.6. The fourth-order valence-electron chi connectivity index (χ4n) is 1.31. The van der Waals surface area contributed by atoms with Gasteiger partial charge in [0.25, 0.3) is 0 Å². The lowest BCUT2D eigenvalue weighted by Gasteiger charge is -2.30. The molecular weight excluding hydrogens is 180 g/mol. The molecule has 1 heterocycles. The number of nitrogens with one attached hydrogen (secondary N) is 1. The largest absolute Gasteiger partial charge is 0.377 e. The second-order valence-corrected chi connectivity index (χ2v) is 4.03. The number of rotatable bonds is 5. The number of hydrogen-bond donors (Lipinski definition) is 1. The molecule has 1 N–H and O–H groups in total. The van der Waals surface area contributed by atoms with Crippen molar-refractivity contribution in [3.8, 4) is 0 Å². The van der Waals surface area contributed by atoms with Crippen molar-refractivity contribution in [2.75, 3.05) is 33.3 Å². The van der Waals surface area contributed by atoms with Crippen molar-refractivity contribution in [3.63, 3.8) is 0 Å². The molecule has 0 aliphatic carbocycles. The summed E-state index contributed by atoms with van der Waals surface area (Å²) in [6.07, 6.45) is 0.240. The summed E-state index contributed by atoms with van der Waals surface area (Å²) in [6.45, 7) is 6.96. The Labute approximate surface area is 85.6 Å². The van der Waals surface area contributed by atoms with Gasteiger partial charge in [-0.25, -0.2) is 0 Å². The lowest BCUT2D eigenvalue weighted by molar-refractivity contribution is -0.136. The first-order valence-electron chi connectivity index (χ1n) is 5.18. The molecule has 1 fully saturated rings. The van der Waals surface area contributed by atoms with Crippen molar-refractivity contribution in [2.45, 2.75) is 20.0 Å². The molecule has 0 spiro atoms. The minimum atomic E-state index is 0.194. The molecule has 1 aliphatic rings. The number of likely N-dealkylation sites (N-methyl/N-ethyl adjacent to an activating group) is 1. The first-order chi connectivity index (χ1) is 6.61. The van der Waals surface area contributed by atoms with Gasteiger partial charge in [-0.15, -0.1) is 0 Å². The number of hydrogen-bond acceptors (Lipinski definition) is 3. The molecule has 4 heteroatoms. The molecular formula is C10H20N2O2. The van der Waals surface area contributed by atoms with E-state index >= 15 is 0 Å². The molecule has 0 unspecified atom stereocenters. The van der Waals surface area contributed by atoms with Crippen molar-refractivity contribution >= 4 is 5.91 Å². The van der Waals surface area contributed by atoms with Crippen molar-refractivity contribution in [1.82, 2.24) is 10.2 Å². The monoisotopic (exact) mass is 200 g/mol. The molecule has 0 bridgehead atoms. The standard InChI is InChI=1S/C10H20N2O2/c1-8(2)14-5-4-12(3)10(13)9-6-11-7-9/h8-9,11H,4-7H2,1-3H3. The summed E-state index contributed by atoms with van der Waals surface area (Å²) in [5, 5.41) is 3.09. The molecule has 0 aromatic carbocycles. The predicted molar refractivity (Wildman–Crippen MR) is 55.1 cm³/mol. The maximum Gasteiger partial charge on any atom is 0.228 e. The normalized spacial score (nSPS) is 16.9. The average Bonchev–Trinajstić information content (AvgIpc) is 2.00. The van der Waals surface area contributed by atoms with E-state index in [1.54, 1.807) is 4.90 Å². The highest BCUT2D eigenvalue weighted by Gasteiger charge is 2.27. The summed E-state index contributed by atoms with van der Waals surface area (Å²) in [6, 6.07) is 0. The fourth-order valence-corrected chi connectivity index (χ4v) is 1.31. The van der Waals surface area contributed by atoms with Crippen LogP contribution in [0.3, 0.4) is 0 Å². The van der Waals surface area contributed by atoms with Gasteiger partial charge in [0, 0.05) is 26.7 Å². The van der Waals surface area contributed by atoms with Gasteiger partial charge < -0.3 is 15.0 Å². The van der Waals surface area contributed by atoms with Gasteiger partial charge in [0.15, 0.2) is 0 Å². The van der Waals surface area contributed by atoms with Crippen LogP contribution in [0.25, 0.3) is 0 Å². The third-order valence-electron chi connectivity index (χ3n) is 2.38. The van der Waals surface area contributed by atoms with Crippen LogP contribution >= 0.6 is 0 Å². The minimum absolute atomic E-state index is 0.194. The smallest absolute Gasteiger partial charge is 0.228 e. The minimum Gasteiger partial charge on any atom is -0.377 e. The van der Waals surface area contributed by atoms with Crippen LogP contribution in [0, 0.1) is 5.92 Å². The SMILES string of the molecule is CC(C)OCCN(C)C(=O)C1CNC1. The van der Waals surface area contributed by atoms with Crippen LogP contribution in [-0.4, -0.2) is 50.2 Å². The van der Waals surface area contributed by atoms with Crippen LogP contribution < -0.4 is 5.32 Å². The van der Waals surface area contributed by atoms with E-state index in [2.05, 4.69) is 5.32 Å². The molecule has 1 rings (SSSR count). The molecule has 1 saturated heterocycles. The lowest BCUT2D eigenvalue weighted by atomic mass is 10.0. The molecule has 0 saturated carbocycles. The zero-order chi connectivity index (χ0) is 10.6. The summed E-state index contributed by atoms with van der Waals surface area (Å²) in [5.74, 6) is 0.426. The number of amides is 1. The summed E-state index contributed by atoms with van der Waals surface area (Å²) in [5.41, 5.74) is 0. The third kappa shape index (κ3) is 3.27. The first kappa shape index (κ1) is 11.5. The third-order valence-corrected chi connectivity index (χ3v) is 2.38. The lowest BCUT2D eigenvalue weighted by Crippen LogP contribution is -2.51. The molecule has 0 aromatic rings. The van der Waals surface area contributed by atoms with Gasteiger partial charge in [-0.2, -0.15) is 0 Å². The van der Waals surface area contributed by atoms with Gasteiger partial charge in [-0.1, -0.05) is 0 Å².